The zero-order valence-corrected chi connectivity index (χ0v) is 11.6. The van der Waals surface area contributed by atoms with E-state index in [-0.39, 0.29) is 10.9 Å². The van der Waals surface area contributed by atoms with E-state index in [2.05, 4.69) is 5.32 Å². The van der Waals surface area contributed by atoms with Gasteiger partial charge in [0.15, 0.2) is 0 Å². The number of nitrogens with one attached hydrogen (secondary N) is 1. The van der Waals surface area contributed by atoms with Crippen molar-refractivity contribution in [3.8, 4) is 0 Å². The quantitative estimate of drug-likeness (QED) is 0.845. The summed E-state index contributed by atoms with van der Waals surface area (Å²) in [6, 6.07) is 11.0. The second-order valence-corrected chi connectivity index (χ2v) is 4.98. The highest BCUT2D eigenvalue weighted by atomic mass is 35.5. The Morgan fingerprint density at radius 2 is 2.05 bits per heavy atom. The van der Waals surface area contributed by atoms with Gasteiger partial charge in [0, 0.05) is 16.4 Å². The molecule has 0 bridgehead atoms. The molecule has 0 aromatic heterocycles. The first kappa shape index (κ1) is 14.3. The summed E-state index contributed by atoms with van der Waals surface area (Å²) in [5, 5.41) is 2.87. The van der Waals surface area contributed by atoms with Crippen LogP contribution in [0.3, 0.4) is 0 Å². The van der Waals surface area contributed by atoms with Crippen molar-refractivity contribution >= 4 is 28.9 Å². The lowest BCUT2D eigenvalue weighted by Crippen LogP contribution is -2.19. The summed E-state index contributed by atoms with van der Waals surface area (Å²) in [5.74, 6) is -1.15. The predicted molar refractivity (Wildman–Crippen MR) is 79.3 cm³/mol. The van der Waals surface area contributed by atoms with Crippen LogP contribution in [0.25, 0.3) is 0 Å². The van der Waals surface area contributed by atoms with E-state index in [4.69, 9.17) is 17.3 Å². The third kappa shape index (κ3) is 3.48. The van der Waals surface area contributed by atoms with Gasteiger partial charge in [0.1, 0.15) is 5.82 Å². The second-order valence-electron chi connectivity index (χ2n) is 4.54. The van der Waals surface area contributed by atoms with Crippen LogP contribution in [0, 0.1) is 5.82 Å². The van der Waals surface area contributed by atoms with Crippen molar-refractivity contribution in [2.75, 3.05) is 11.1 Å². The maximum atomic E-state index is 13.2. The van der Waals surface area contributed by atoms with E-state index in [9.17, 15) is 9.18 Å². The fraction of sp³-hybridized carbons (Fsp3) is 0.133. The van der Waals surface area contributed by atoms with Crippen LogP contribution >= 0.6 is 11.6 Å². The first-order chi connectivity index (χ1) is 9.45. The van der Waals surface area contributed by atoms with Crippen molar-refractivity contribution in [1.29, 1.82) is 0 Å². The highest BCUT2D eigenvalue weighted by Crippen LogP contribution is 2.22. The minimum absolute atomic E-state index is 0.233. The van der Waals surface area contributed by atoms with Crippen LogP contribution in [0.15, 0.2) is 42.5 Å². The summed E-state index contributed by atoms with van der Waals surface area (Å²) in [7, 11) is 0. The molecule has 0 radical (unpaired) electrons. The topological polar surface area (TPSA) is 55.1 Å². The highest BCUT2D eigenvalue weighted by molar-refractivity contribution is 6.30. The van der Waals surface area contributed by atoms with Crippen molar-refractivity contribution in [2.24, 2.45) is 0 Å². The lowest BCUT2D eigenvalue weighted by Gasteiger charge is -2.13. The fourth-order valence-electron chi connectivity index (χ4n) is 1.86. The molecule has 0 fully saturated rings. The molecule has 1 amide bonds. The third-order valence-corrected chi connectivity index (χ3v) is 3.15. The zero-order valence-electron chi connectivity index (χ0n) is 10.9. The monoisotopic (exact) mass is 292 g/mol. The Morgan fingerprint density at radius 1 is 1.30 bits per heavy atom. The van der Waals surface area contributed by atoms with Crippen LogP contribution in [0.4, 0.5) is 15.8 Å². The molecule has 0 aliphatic carbocycles. The first-order valence-electron chi connectivity index (χ1n) is 6.08. The highest BCUT2D eigenvalue weighted by Gasteiger charge is 2.16. The van der Waals surface area contributed by atoms with Gasteiger partial charge in [-0.25, -0.2) is 4.39 Å². The molecule has 0 aliphatic heterocycles. The van der Waals surface area contributed by atoms with E-state index in [1.54, 1.807) is 25.1 Å². The van der Waals surface area contributed by atoms with Gasteiger partial charge in [0.05, 0.1) is 5.92 Å². The molecule has 3 N–H and O–H groups in total. The van der Waals surface area contributed by atoms with Gasteiger partial charge in [-0.3, -0.25) is 4.79 Å². The Kier molecular flexibility index (Phi) is 4.25. The second kappa shape index (κ2) is 5.92. The number of nitrogens with two attached hydrogens (primary N) is 1. The average molecular weight is 293 g/mol. The van der Waals surface area contributed by atoms with Crippen molar-refractivity contribution in [1.82, 2.24) is 0 Å². The summed E-state index contributed by atoms with van der Waals surface area (Å²) >= 11 is 5.74. The molecule has 104 valence electrons. The molecule has 0 spiro atoms. The minimum atomic E-state index is -0.496. The van der Waals surface area contributed by atoms with Crippen molar-refractivity contribution in [3.63, 3.8) is 0 Å². The number of amides is 1. The minimum Gasteiger partial charge on any atom is -0.399 e. The maximum Gasteiger partial charge on any atom is 0.231 e. The largest absolute Gasteiger partial charge is 0.399 e. The number of carbonyl (C=O) groups is 1. The van der Waals surface area contributed by atoms with E-state index in [0.29, 0.717) is 11.4 Å². The Labute approximate surface area is 121 Å². The molecule has 1 unspecified atom stereocenters. The standard InChI is InChI=1S/C15H14ClFN2O/c1-9(10-3-2-4-13(18)5-10)15(20)19-14-7-11(16)6-12(17)8-14/h2-9H,18H2,1H3,(H,19,20). The van der Waals surface area contributed by atoms with Crippen LogP contribution in [-0.2, 0) is 4.79 Å². The molecular weight excluding hydrogens is 279 g/mol. The lowest BCUT2D eigenvalue weighted by atomic mass is 10.00. The Morgan fingerprint density at radius 3 is 2.70 bits per heavy atom. The van der Waals surface area contributed by atoms with Crippen LogP contribution < -0.4 is 11.1 Å². The number of halogens is 2. The summed E-state index contributed by atoms with van der Waals surface area (Å²) in [5.41, 5.74) is 7.41. The van der Waals surface area contributed by atoms with Gasteiger partial charge in [-0.05, 0) is 42.8 Å². The number of carbonyl (C=O) groups excluding carboxylic acids is 1. The molecule has 0 aliphatic rings. The molecular formula is C15H14ClFN2O. The normalized spacial score (nSPS) is 11.9. The van der Waals surface area contributed by atoms with Crippen molar-refractivity contribution in [2.45, 2.75) is 12.8 Å². The number of nitrogen functional groups attached to an aromatic ring is 1. The molecule has 0 saturated heterocycles. The lowest BCUT2D eigenvalue weighted by molar-refractivity contribution is -0.117. The molecule has 20 heavy (non-hydrogen) atoms. The molecule has 3 nitrogen and oxygen atoms in total. The molecule has 5 heteroatoms. The predicted octanol–water partition coefficient (Wildman–Crippen LogP) is 3.80. The maximum absolute atomic E-state index is 13.2. The van der Waals surface area contributed by atoms with Gasteiger partial charge in [0.25, 0.3) is 0 Å². The van der Waals surface area contributed by atoms with Crippen LogP contribution in [0.2, 0.25) is 5.02 Å². The molecule has 2 aromatic carbocycles. The zero-order chi connectivity index (χ0) is 14.7. The van der Waals surface area contributed by atoms with E-state index in [0.717, 1.165) is 5.56 Å². The molecule has 2 rings (SSSR count). The van der Waals surface area contributed by atoms with E-state index in [1.807, 2.05) is 6.07 Å². The van der Waals surface area contributed by atoms with E-state index < -0.39 is 11.7 Å². The molecule has 2 aromatic rings. The fourth-order valence-corrected chi connectivity index (χ4v) is 2.08. The van der Waals surface area contributed by atoms with Crippen LogP contribution in [-0.4, -0.2) is 5.91 Å². The average Bonchev–Trinajstić information content (AvgIpc) is 2.36. The smallest absolute Gasteiger partial charge is 0.231 e. The molecule has 0 heterocycles. The molecule has 0 saturated carbocycles. The van der Waals surface area contributed by atoms with Gasteiger partial charge in [-0.2, -0.15) is 0 Å². The summed E-state index contributed by atoms with van der Waals surface area (Å²) in [4.78, 5) is 12.1. The molecule has 1 atom stereocenters. The van der Waals surface area contributed by atoms with Crippen LogP contribution in [0.5, 0.6) is 0 Å². The van der Waals surface area contributed by atoms with Crippen molar-refractivity contribution < 1.29 is 9.18 Å². The van der Waals surface area contributed by atoms with E-state index in [1.165, 1.54) is 18.2 Å². The van der Waals surface area contributed by atoms with Gasteiger partial charge in [-0.1, -0.05) is 23.7 Å². The Hall–Kier alpha value is -2.07. The number of hydrogen-bond acceptors (Lipinski definition) is 2. The summed E-state index contributed by atoms with van der Waals surface area (Å²) in [6.07, 6.45) is 0. The van der Waals surface area contributed by atoms with Crippen LogP contribution in [0.1, 0.15) is 18.4 Å². The van der Waals surface area contributed by atoms with Gasteiger partial charge in [-0.15, -0.1) is 0 Å². The van der Waals surface area contributed by atoms with E-state index >= 15 is 0 Å². The Bertz CT molecular complexity index is 625. The van der Waals surface area contributed by atoms with Gasteiger partial charge < -0.3 is 11.1 Å². The van der Waals surface area contributed by atoms with Gasteiger partial charge in [0.2, 0.25) is 5.91 Å². The number of hydrogen-bond donors (Lipinski definition) is 2. The third-order valence-electron chi connectivity index (χ3n) is 2.93. The summed E-state index contributed by atoms with van der Waals surface area (Å²) in [6.45, 7) is 1.75. The number of anilines is 2. The number of rotatable bonds is 3. The Balaban J connectivity index is 2.15. The van der Waals surface area contributed by atoms with Gasteiger partial charge >= 0.3 is 0 Å². The van der Waals surface area contributed by atoms with Crippen molar-refractivity contribution in [3.05, 3.63) is 58.9 Å². The SMILES string of the molecule is CC(C(=O)Nc1cc(F)cc(Cl)c1)c1cccc(N)c1. The number of benzene rings is 2. The first-order valence-corrected chi connectivity index (χ1v) is 6.46. The summed E-state index contributed by atoms with van der Waals surface area (Å²) < 4.78 is 13.2.